The van der Waals surface area contributed by atoms with Crippen molar-refractivity contribution in [1.29, 1.82) is 0 Å². The molecule has 0 radical (unpaired) electrons. The lowest BCUT2D eigenvalue weighted by molar-refractivity contribution is -0.104. The molecule has 0 aliphatic rings. The van der Waals surface area contributed by atoms with Crippen LogP contribution in [-0.2, 0) is 4.79 Å². The Bertz CT molecular complexity index is 1770. The van der Waals surface area contributed by atoms with Crippen LogP contribution in [0.3, 0.4) is 0 Å². The van der Waals surface area contributed by atoms with Gasteiger partial charge in [-0.05, 0) is 47.5 Å². The van der Waals surface area contributed by atoms with Crippen molar-refractivity contribution >= 4 is 58.2 Å². The molecular weight excluding hydrogens is 528 g/mol. The lowest BCUT2D eigenvalue weighted by atomic mass is 10.2. The van der Waals surface area contributed by atoms with Gasteiger partial charge in [-0.1, -0.05) is 121 Å². The summed E-state index contributed by atoms with van der Waals surface area (Å²) in [5.41, 5.74) is 6.64. The van der Waals surface area contributed by atoms with Crippen LogP contribution in [0.5, 0.6) is 0 Å². The van der Waals surface area contributed by atoms with Crippen molar-refractivity contribution in [2.24, 2.45) is 0 Å². The van der Waals surface area contributed by atoms with Gasteiger partial charge in [0.05, 0.1) is 40.2 Å². The number of benzene rings is 4. The first kappa shape index (κ1) is 28.7. The predicted octanol–water partition coefficient (Wildman–Crippen LogP) is 8.54. The molecule has 6 heteroatoms. The van der Waals surface area contributed by atoms with Crippen LogP contribution in [0.2, 0.25) is 5.15 Å². The molecule has 200 valence electrons. The lowest BCUT2D eigenvalue weighted by Gasteiger charge is -1.96. The summed E-state index contributed by atoms with van der Waals surface area (Å²) in [6, 6.07) is 35.4. The van der Waals surface area contributed by atoms with Gasteiger partial charge in [-0.3, -0.25) is 14.8 Å². The summed E-state index contributed by atoms with van der Waals surface area (Å²) in [7, 11) is 0. The molecule has 0 aliphatic heterocycles. The van der Waals surface area contributed by atoms with Gasteiger partial charge in [-0.15, -0.1) is 0 Å². The summed E-state index contributed by atoms with van der Waals surface area (Å²) >= 11 is 5.65. The number of fused-ring (bicyclic) bond motifs is 2. The molecule has 0 unspecified atom stereocenters. The van der Waals surface area contributed by atoms with E-state index in [2.05, 4.69) is 38.1 Å². The Balaban J connectivity index is 0.000000156. The van der Waals surface area contributed by atoms with Crippen molar-refractivity contribution in [3.63, 3.8) is 0 Å². The number of carbonyl (C=O) groups excluding carboxylic acids is 1. The van der Waals surface area contributed by atoms with E-state index in [0.29, 0.717) is 5.15 Å². The average molecular weight is 555 g/mol. The minimum Gasteiger partial charge on any atom is -0.299 e. The molecule has 0 N–H and O–H groups in total. The molecule has 41 heavy (non-hydrogen) atoms. The van der Waals surface area contributed by atoms with E-state index >= 15 is 0 Å². The van der Waals surface area contributed by atoms with Crippen LogP contribution in [-0.4, -0.2) is 26.2 Å². The van der Waals surface area contributed by atoms with Gasteiger partial charge in [0.2, 0.25) is 0 Å². The van der Waals surface area contributed by atoms with Crippen molar-refractivity contribution < 1.29 is 4.79 Å². The third-order valence-corrected chi connectivity index (χ3v) is 5.70. The van der Waals surface area contributed by atoms with Gasteiger partial charge in [-0.2, -0.15) is 0 Å². The number of halogens is 1. The second-order valence-electron chi connectivity index (χ2n) is 8.50. The molecule has 0 saturated heterocycles. The second-order valence-corrected chi connectivity index (χ2v) is 8.89. The number of aldehydes is 1. The molecule has 2 aromatic heterocycles. The highest BCUT2D eigenvalue weighted by Gasteiger charge is 1.95. The van der Waals surface area contributed by atoms with E-state index < -0.39 is 0 Å². The maximum Gasteiger partial charge on any atom is 0.148 e. The normalized spacial score (nSPS) is 10.9. The van der Waals surface area contributed by atoms with E-state index in [-0.39, 0.29) is 0 Å². The predicted molar refractivity (Wildman–Crippen MR) is 170 cm³/mol. The van der Waals surface area contributed by atoms with E-state index in [1.165, 1.54) is 11.6 Å². The highest BCUT2D eigenvalue weighted by atomic mass is 35.5. The van der Waals surface area contributed by atoms with E-state index in [1.54, 1.807) is 18.5 Å². The first-order chi connectivity index (χ1) is 20.2. The standard InChI is InChI=1S/C18H14N2.C9H8O.C8H5ClN2/c1-2-8-15(9-3-1)10-4-5-11-16-14-19-17-12-6-7-13-18(17)20-16;10-8-4-7-9-5-2-1-3-6-9;9-8-5-10-6-3-1-2-4-7(6)11-8/h1-14H;1-8H;1-5H/b10-4+,11-5+;7-4+;. The minimum atomic E-state index is 0.434. The fourth-order valence-corrected chi connectivity index (χ4v) is 3.73. The van der Waals surface area contributed by atoms with Gasteiger partial charge in [-0.25, -0.2) is 9.97 Å². The highest BCUT2D eigenvalue weighted by molar-refractivity contribution is 6.29. The van der Waals surface area contributed by atoms with Crippen molar-refractivity contribution in [2.45, 2.75) is 0 Å². The van der Waals surface area contributed by atoms with Crippen molar-refractivity contribution in [3.8, 4) is 0 Å². The van der Waals surface area contributed by atoms with Gasteiger partial charge < -0.3 is 0 Å². The molecule has 0 atom stereocenters. The molecular formula is C35H27ClN4O. The average Bonchev–Trinajstić information content (AvgIpc) is 3.03. The molecule has 0 fully saturated rings. The molecule has 0 aliphatic carbocycles. The monoisotopic (exact) mass is 554 g/mol. The highest BCUT2D eigenvalue weighted by Crippen LogP contribution is 2.11. The zero-order valence-electron chi connectivity index (χ0n) is 22.2. The number of allylic oxidation sites excluding steroid dienone is 3. The zero-order chi connectivity index (χ0) is 28.5. The molecule has 0 spiro atoms. The molecule has 2 heterocycles. The minimum absolute atomic E-state index is 0.434. The third kappa shape index (κ3) is 9.77. The van der Waals surface area contributed by atoms with E-state index in [1.807, 2.05) is 115 Å². The van der Waals surface area contributed by atoms with Gasteiger partial charge in [0.15, 0.2) is 0 Å². The molecule has 0 saturated carbocycles. The molecule has 5 nitrogen and oxygen atoms in total. The van der Waals surface area contributed by atoms with Gasteiger partial charge in [0.1, 0.15) is 11.4 Å². The number of nitrogens with zero attached hydrogens (tertiary/aromatic N) is 4. The Hall–Kier alpha value is -5.26. The maximum absolute atomic E-state index is 9.89. The van der Waals surface area contributed by atoms with Gasteiger partial charge >= 0.3 is 0 Å². The van der Waals surface area contributed by atoms with Crippen molar-refractivity contribution in [3.05, 3.63) is 162 Å². The SMILES string of the molecule is C(/C=C/c1cnc2ccccc2n1)=C\c1ccccc1.Clc1cnc2ccccc2n1.O=C/C=C/c1ccccc1. The molecule has 0 amide bonds. The quantitative estimate of drug-likeness (QED) is 0.121. The Morgan fingerprint density at radius 3 is 1.54 bits per heavy atom. The van der Waals surface area contributed by atoms with Gasteiger partial charge in [0, 0.05) is 0 Å². The fourth-order valence-electron chi connectivity index (χ4n) is 3.59. The number of hydrogen-bond acceptors (Lipinski definition) is 5. The van der Waals surface area contributed by atoms with Crippen LogP contribution >= 0.6 is 11.6 Å². The third-order valence-electron chi connectivity index (χ3n) is 5.52. The van der Waals surface area contributed by atoms with Crippen LogP contribution in [0.25, 0.3) is 40.3 Å². The van der Waals surface area contributed by atoms with Crippen molar-refractivity contribution in [2.75, 3.05) is 0 Å². The smallest absolute Gasteiger partial charge is 0.148 e. The summed E-state index contributed by atoms with van der Waals surface area (Å²) in [5.74, 6) is 0. The zero-order valence-corrected chi connectivity index (χ0v) is 22.9. The van der Waals surface area contributed by atoms with Crippen LogP contribution in [0.1, 0.15) is 16.8 Å². The first-order valence-electron chi connectivity index (χ1n) is 12.9. The molecule has 6 aromatic rings. The summed E-state index contributed by atoms with van der Waals surface area (Å²) in [5, 5.41) is 0.434. The topological polar surface area (TPSA) is 68.6 Å². The Kier molecular flexibility index (Phi) is 11.2. The lowest BCUT2D eigenvalue weighted by Crippen LogP contribution is -1.86. The number of carbonyl (C=O) groups is 1. The fraction of sp³-hybridized carbons (Fsp3) is 0. The maximum atomic E-state index is 9.89. The van der Waals surface area contributed by atoms with Crippen LogP contribution < -0.4 is 0 Å². The molecule has 4 aromatic carbocycles. The van der Waals surface area contributed by atoms with Gasteiger partial charge in [0.25, 0.3) is 0 Å². The van der Waals surface area contributed by atoms with Crippen LogP contribution in [0, 0.1) is 0 Å². The van der Waals surface area contributed by atoms with E-state index in [4.69, 9.17) is 11.6 Å². The number of aromatic nitrogens is 4. The van der Waals surface area contributed by atoms with Crippen LogP contribution in [0.4, 0.5) is 0 Å². The van der Waals surface area contributed by atoms with Crippen molar-refractivity contribution in [1.82, 2.24) is 19.9 Å². The Labute approximate surface area is 244 Å². The summed E-state index contributed by atoms with van der Waals surface area (Å²) in [4.78, 5) is 27.0. The summed E-state index contributed by atoms with van der Waals surface area (Å²) in [6.07, 6.45) is 15.4. The molecule has 6 rings (SSSR count). The first-order valence-corrected chi connectivity index (χ1v) is 13.2. The summed E-state index contributed by atoms with van der Waals surface area (Å²) < 4.78 is 0. The number of hydrogen-bond donors (Lipinski definition) is 0. The van der Waals surface area contributed by atoms with E-state index in [9.17, 15) is 4.79 Å². The Morgan fingerprint density at radius 2 is 0.951 bits per heavy atom. The van der Waals surface area contributed by atoms with Crippen LogP contribution in [0.15, 0.2) is 140 Å². The largest absolute Gasteiger partial charge is 0.299 e. The van der Waals surface area contributed by atoms with E-state index in [0.717, 1.165) is 39.6 Å². The summed E-state index contributed by atoms with van der Waals surface area (Å²) in [6.45, 7) is 0. The number of rotatable bonds is 5. The number of para-hydroxylation sites is 4. The Morgan fingerprint density at radius 1 is 0.488 bits per heavy atom. The molecule has 0 bridgehead atoms. The second kappa shape index (κ2) is 16.0.